The molecule has 82 valence electrons. The summed E-state index contributed by atoms with van der Waals surface area (Å²) in [7, 11) is 0. The summed E-state index contributed by atoms with van der Waals surface area (Å²) < 4.78 is 17.4. The lowest BCUT2D eigenvalue weighted by molar-refractivity contribution is -0.145. The molecule has 0 bridgehead atoms. The summed E-state index contributed by atoms with van der Waals surface area (Å²) in [5, 5.41) is 9.53. The van der Waals surface area contributed by atoms with E-state index < -0.39 is 17.9 Å². The molecule has 1 rings (SSSR count). The SMILES string of the molecule is CCOC(=O)CC(O)c1cncc(F)c1. The van der Waals surface area contributed by atoms with Crippen LogP contribution in [0.5, 0.6) is 0 Å². The van der Waals surface area contributed by atoms with Crippen molar-refractivity contribution in [1.82, 2.24) is 4.98 Å². The lowest BCUT2D eigenvalue weighted by Gasteiger charge is -2.09. The Morgan fingerprint density at radius 3 is 3.00 bits per heavy atom. The maximum atomic E-state index is 12.7. The van der Waals surface area contributed by atoms with E-state index in [-0.39, 0.29) is 18.6 Å². The van der Waals surface area contributed by atoms with Crippen molar-refractivity contribution in [2.75, 3.05) is 6.61 Å². The number of hydrogen-bond acceptors (Lipinski definition) is 4. The number of pyridine rings is 1. The van der Waals surface area contributed by atoms with Gasteiger partial charge in [-0.15, -0.1) is 0 Å². The van der Waals surface area contributed by atoms with Crippen molar-refractivity contribution in [2.24, 2.45) is 0 Å². The van der Waals surface area contributed by atoms with E-state index in [1.165, 1.54) is 6.20 Å². The minimum absolute atomic E-state index is 0.195. The molecule has 0 saturated heterocycles. The number of aliphatic hydroxyl groups excluding tert-OH is 1. The van der Waals surface area contributed by atoms with Gasteiger partial charge in [0.25, 0.3) is 0 Å². The summed E-state index contributed by atoms with van der Waals surface area (Å²) in [4.78, 5) is 14.6. The summed E-state index contributed by atoms with van der Waals surface area (Å²) in [6.45, 7) is 1.93. The predicted molar refractivity (Wildman–Crippen MR) is 50.4 cm³/mol. The zero-order chi connectivity index (χ0) is 11.3. The Kier molecular flexibility index (Phi) is 4.17. The Morgan fingerprint density at radius 1 is 1.67 bits per heavy atom. The molecular weight excluding hydrogens is 201 g/mol. The molecule has 4 nitrogen and oxygen atoms in total. The summed E-state index contributed by atoms with van der Waals surface area (Å²) in [5.41, 5.74) is 0.267. The van der Waals surface area contributed by atoms with Crippen LogP contribution in [0, 0.1) is 5.82 Å². The third-order valence-electron chi connectivity index (χ3n) is 1.78. The van der Waals surface area contributed by atoms with Gasteiger partial charge in [-0.1, -0.05) is 0 Å². The standard InChI is InChI=1S/C10H12FNO3/c1-2-15-10(14)4-9(13)7-3-8(11)6-12-5-7/h3,5-6,9,13H,2,4H2,1H3. The molecule has 1 aromatic heterocycles. The van der Waals surface area contributed by atoms with Crippen LogP contribution in [0.1, 0.15) is 25.0 Å². The van der Waals surface area contributed by atoms with Gasteiger partial charge < -0.3 is 9.84 Å². The van der Waals surface area contributed by atoms with Gasteiger partial charge >= 0.3 is 5.97 Å². The first-order valence-corrected chi connectivity index (χ1v) is 4.57. The maximum absolute atomic E-state index is 12.7. The lowest BCUT2D eigenvalue weighted by Crippen LogP contribution is -2.10. The normalized spacial score (nSPS) is 12.2. The fraction of sp³-hybridized carbons (Fsp3) is 0.400. The number of aromatic nitrogens is 1. The Bertz CT molecular complexity index is 343. The van der Waals surface area contributed by atoms with Crippen molar-refractivity contribution in [3.05, 3.63) is 29.8 Å². The van der Waals surface area contributed by atoms with Crippen molar-refractivity contribution in [3.8, 4) is 0 Å². The second-order valence-corrected chi connectivity index (χ2v) is 2.96. The van der Waals surface area contributed by atoms with E-state index in [9.17, 15) is 14.3 Å². The smallest absolute Gasteiger partial charge is 0.308 e. The van der Waals surface area contributed by atoms with E-state index in [0.717, 1.165) is 12.3 Å². The number of hydrogen-bond donors (Lipinski definition) is 1. The molecule has 0 amide bonds. The molecule has 1 atom stereocenters. The number of ether oxygens (including phenoxy) is 1. The third-order valence-corrected chi connectivity index (χ3v) is 1.78. The molecule has 1 unspecified atom stereocenters. The van der Waals surface area contributed by atoms with Crippen LogP contribution in [-0.2, 0) is 9.53 Å². The molecule has 1 heterocycles. The van der Waals surface area contributed by atoms with E-state index in [1.54, 1.807) is 6.92 Å². The first-order chi connectivity index (χ1) is 7.13. The average molecular weight is 213 g/mol. The van der Waals surface area contributed by atoms with E-state index in [2.05, 4.69) is 9.72 Å². The van der Waals surface area contributed by atoms with Gasteiger partial charge in [-0.3, -0.25) is 9.78 Å². The topological polar surface area (TPSA) is 59.4 Å². The van der Waals surface area contributed by atoms with Gasteiger partial charge in [-0.05, 0) is 13.0 Å². The van der Waals surface area contributed by atoms with Crippen molar-refractivity contribution >= 4 is 5.97 Å². The van der Waals surface area contributed by atoms with Gasteiger partial charge in [0.05, 0.1) is 25.3 Å². The van der Waals surface area contributed by atoms with Gasteiger partial charge in [0, 0.05) is 11.8 Å². The maximum Gasteiger partial charge on any atom is 0.308 e. The highest BCUT2D eigenvalue weighted by Gasteiger charge is 2.14. The third kappa shape index (κ3) is 3.63. The van der Waals surface area contributed by atoms with Gasteiger partial charge in [-0.2, -0.15) is 0 Å². The highest BCUT2D eigenvalue weighted by atomic mass is 19.1. The van der Waals surface area contributed by atoms with Crippen molar-refractivity contribution < 1.29 is 19.0 Å². The highest BCUT2D eigenvalue weighted by Crippen LogP contribution is 2.16. The summed E-state index contributed by atoms with van der Waals surface area (Å²) >= 11 is 0. The van der Waals surface area contributed by atoms with E-state index in [4.69, 9.17) is 0 Å². The van der Waals surface area contributed by atoms with Crippen LogP contribution < -0.4 is 0 Å². The number of nitrogens with zero attached hydrogens (tertiary/aromatic N) is 1. The quantitative estimate of drug-likeness (QED) is 0.763. The lowest BCUT2D eigenvalue weighted by atomic mass is 10.1. The van der Waals surface area contributed by atoms with E-state index >= 15 is 0 Å². The molecule has 1 aromatic rings. The monoisotopic (exact) mass is 213 g/mol. The molecule has 15 heavy (non-hydrogen) atoms. The minimum atomic E-state index is -1.08. The number of carbonyl (C=O) groups excluding carboxylic acids is 1. The second kappa shape index (κ2) is 5.41. The number of rotatable bonds is 4. The van der Waals surface area contributed by atoms with Gasteiger partial charge in [0.1, 0.15) is 5.82 Å². The first kappa shape index (κ1) is 11.6. The molecule has 0 aliphatic rings. The molecular formula is C10H12FNO3. The minimum Gasteiger partial charge on any atom is -0.466 e. The Balaban J connectivity index is 2.60. The number of carbonyl (C=O) groups is 1. The number of esters is 1. The Morgan fingerprint density at radius 2 is 2.40 bits per heavy atom. The Labute approximate surface area is 86.7 Å². The van der Waals surface area contributed by atoms with E-state index in [0.29, 0.717) is 0 Å². The van der Waals surface area contributed by atoms with Crippen LogP contribution in [0.15, 0.2) is 18.5 Å². The summed E-state index contributed by atoms with van der Waals surface area (Å²) in [6, 6.07) is 1.14. The van der Waals surface area contributed by atoms with Crippen molar-refractivity contribution in [2.45, 2.75) is 19.4 Å². The zero-order valence-corrected chi connectivity index (χ0v) is 8.31. The van der Waals surface area contributed by atoms with Crippen LogP contribution in [0.3, 0.4) is 0 Å². The molecule has 0 radical (unpaired) electrons. The molecule has 0 aliphatic carbocycles. The molecule has 0 fully saturated rings. The molecule has 5 heteroatoms. The zero-order valence-electron chi connectivity index (χ0n) is 8.31. The molecule has 0 spiro atoms. The van der Waals surface area contributed by atoms with Crippen molar-refractivity contribution in [1.29, 1.82) is 0 Å². The van der Waals surface area contributed by atoms with Crippen LogP contribution in [0.25, 0.3) is 0 Å². The van der Waals surface area contributed by atoms with Crippen LogP contribution in [0.4, 0.5) is 4.39 Å². The van der Waals surface area contributed by atoms with E-state index in [1.807, 2.05) is 0 Å². The molecule has 0 aliphatic heterocycles. The highest BCUT2D eigenvalue weighted by molar-refractivity contribution is 5.70. The fourth-order valence-corrected chi connectivity index (χ4v) is 1.11. The summed E-state index contributed by atoms with van der Waals surface area (Å²) in [5.74, 6) is -1.07. The summed E-state index contributed by atoms with van der Waals surface area (Å²) in [6.07, 6.45) is 1.07. The average Bonchev–Trinajstić information content (AvgIpc) is 2.18. The van der Waals surface area contributed by atoms with Crippen LogP contribution in [-0.4, -0.2) is 22.7 Å². The van der Waals surface area contributed by atoms with Crippen LogP contribution >= 0.6 is 0 Å². The van der Waals surface area contributed by atoms with Gasteiger partial charge in [0.2, 0.25) is 0 Å². The van der Waals surface area contributed by atoms with Gasteiger partial charge in [0.15, 0.2) is 0 Å². The number of aliphatic hydroxyl groups is 1. The first-order valence-electron chi connectivity index (χ1n) is 4.57. The molecule has 1 N–H and O–H groups in total. The fourth-order valence-electron chi connectivity index (χ4n) is 1.11. The van der Waals surface area contributed by atoms with Crippen molar-refractivity contribution in [3.63, 3.8) is 0 Å². The molecule has 0 saturated carbocycles. The largest absolute Gasteiger partial charge is 0.466 e. The predicted octanol–water partition coefficient (Wildman–Crippen LogP) is 1.21. The second-order valence-electron chi connectivity index (χ2n) is 2.96. The number of halogens is 1. The molecule has 0 aromatic carbocycles. The Hall–Kier alpha value is -1.49. The van der Waals surface area contributed by atoms with Gasteiger partial charge in [-0.25, -0.2) is 4.39 Å². The van der Waals surface area contributed by atoms with Crippen LogP contribution in [0.2, 0.25) is 0 Å².